The normalized spacial score (nSPS) is 11.6. The molecule has 1 aromatic heterocycles. The molecular formula is C18H33N3. The van der Waals surface area contributed by atoms with Crippen molar-refractivity contribution in [3.05, 3.63) is 22.8 Å². The zero-order chi connectivity index (χ0) is 15.8. The molecule has 0 amide bonds. The van der Waals surface area contributed by atoms with E-state index < -0.39 is 0 Å². The lowest BCUT2D eigenvalue weighted by Gasteiger charge is -2.15. The highest BCUT2D eigenvalue weighted by atomic mass is 14.9. The Morgan fingerprint density at radius 2 is 1.48 bits per heavy atom. The van der Waals surface area contributed by atoms with Crippen molar-refractivity contribution in [2.75, 3.05) is 6.54 Å². The van der Waals surface area contributed by atoms with Crippen molar-refractivity contribution in [2.24, 2.45) is 5.92 Å². The van der Waals surface area contributed by atoms with E-state index in [0.29, 0.717) is 12.0 Å². The lowest BCUT2D eigenvalue weighted by molar-refractivity contribution is 0.567. The fourth-order valence-corrected chi connectivity index (χ4v) is 2.53. The van der Waals surface area contributed by atoms with Crippen LogP contribution in [0.1, 0.15) is 70.7 Å². The lowest BCUT2D eigenvalue weighted by Crippen LogP contribution is -2.26. The van der Waals surface area contributed by atoms with Crippen molar-refractivity contribution in [3.63, 3.8) is 0 Å². The molecule has 1 rings (SSSR count). The molecule has 0 atom stereocenters. The highest BCUT2D eigenvalue weighted by Crippen LogP contribution is 2.16. The van der Waals surface area contributed by atoms with Crippen LogP contribution >= 0.6 is 0 Å². The van der Waals surface area contributed by atoms with Crippen LogP contribution in [-0.2, 0) is 25.7 Å². The number of nitrogens with one attached hydrogen (secondary N) is 1. The molecule has 3 heteroatoms. The van der Waals surface area contributed by atoms with E-state index >= 15 is 0 Å². The molecule has 3 nitrogen and oxygen atoms in total. The molecule has 0 unspecified atom stereocenters. The van der Waals surface area contributed by atoms with E-state index in [0.717, 1.165) is 38.1 Å². The molecule has 0 radical (unpaired) electrons. The Labute approximate surface area is 131 Å². The van der Waals surface area contributed by atoms with Gasteiger partial charge in [0.15, 0.2) is 0 Å². The molecule has 1 N–H and O–H groups in total. The summed E-state index contributed by atoms with van der Waals surface area (Å²) >= 11 is 0. The van der Waals surface area contributed by atoms with Crippen LogP contribution in [0, 0.1) is 5.92 Å². The van der Waals surface area contributed by atoms with Gasteiger partial charge in [-0.15, -0.1) is 0 Å². The van der Waals surface area contributed by atoms with Gasteiger partial charge in [-0.05, 0) is 43.7 Å². The minimum absolute atomic E-state index is 0.534. The predicted molar refractivity (Wildman–Crippen MR) is 90.8 cm³/mol. The molecule has 0 aliphatic rings. The number of aromatic nitrogens is 2. The van der Waals surface area contributed by atoms with Crippen LogP contribution in [0.3, 0.4) is 0 Å². The van der Waals surface area contributed by atoms with E-state index in [4.69, 9.17) is 9.97 Å². The van der Waals surface area contributed by atoms with E-state index in [-0.39, 0.29) is 0 Å². The van der Waals surface area contributed by atoms with Crippen molar-refractivity contribution in [3.8, 4) is 0 Å². The van der Waals surface area contributed by atoms with E-state index in [9.17, 15) is 0 Å². The van der Waals surface area contributed by atoms with Crippen LogP contribution in [-0.4, -0.2) is 22.6 Å². The Balaban J connectivity index is 2.90. The highest BCUT2D eigenvalue weighted by Gasteiger charge is 2.12. The molecule has 0 fully saturated rings. The summed E-state index contributed by atoms with van der Waals surface area (Å²) in [5.74, 6) is 1.75. The minimum Gasteiger partial charge on any atom is -0.314 e. The van der Waals surface area contributed by atoms with Gasteiger partial charge in [-0.3, -0.25) is 0 Å². The van der Waals surface area contributed by atoms with Crippen LogP contribution in [0.2, 0.25) is 0 Å². The molecule has 0 bridgehead atoms. The SMILES string of the molecule is CCc1nc(CCC(C)C)nc(CC)c1CCNC(C)C. The van der Waals surface area contributed by atoms with E-state index in [2.05, 4.69) is 46.9 Å². The van der Waals surface area contributed by atoms with Crippen molar-refractivity contribution in [1.82, 2.24) is 15.3 Å². The molecule has 0 spiro atoms. The maximum Gasteiger partial charge on any atom is 0.128 e. The summed E-state index contributed by atoms with van der Waals surface area (Å²) in [4.78, 5) is 9.66. The largest absolute Gasteiger partial charge is 0.314 e. The first-order chi connectivity index (χ1) is 9.97. The van der Waals surface area contributed by atoms with Crippen molar-refractivity contribution in [1.29, 1.82) is 0 Å². The second-order valence-corrected chi connectivity index (χ2v) is 6.51. The molecule has 1 aromatic rings. The minimum atomic E-state index is 0.534. The lowest BCUT2D eigenvalue weighted by atomic mass is 10.0. The molecule has 21 heavy (non-hydrogen) atoms. The number of rotatable bonds is 9. The molecule has 1 heterocycles. The zero-order valence-corrected chi connectivity index (χ0v) is 14.8. The third-order valence-corrected chi connectivity index (χ3v) is 3.77. The monoisotopic (exact) mass is 291 g/mol. The van der Waals surface area contributed by atoms with Crippen LogP contribution in [0.15, 0.2) is 0 Å². The van der Waals surface area contributed by atoms with Crippen LogP contribution < -0.4 is 5.32 Å². The smallest absolute Gasteiger partial charge is 0.128 e. The van der Waals surface area contributed by atoms with Crippen molar-refractivity contribution >= 4 is 0 Å². The molecular weight excluding hydrogens is 258 g/mol. The Morgan fingerprint density at radius 1 is 0.905 bits per heavy atom. The zero-order valence-electron chi connectivity index (χ0n) is 14.8. The average Bonchev–Trinajstić information content (AvgIpc) is 2.44. The summed E-state index contributed by atoms with van der Waals surface area (Å²) in [5.41, 5.74) is 3.89. The van der Waals surface area contributed by atoms with Gasteiger partial charge in [0.2, 0.25) is 0 Å². The summed E-state index contributed by atoms with van der Waals surface area (Å²) in [6, 6.07) is 0.534. The third kappa shape index (κ3) is 6.13. The number of hydrogen-bond acceptors (Lipinski definition) is 3. The average molecular weight is 291 g/mol. The molecule has 0 aliphatic carbocycles. The second kappa shape index (κ2) is 9.14. The summed E-state index contributed by atoms with van der Waals surface area (Å²) < 4.78 is 0. The van der Waals surface area contributed by atoms with Gasteiger partial charge in [-0.1, -0.05) is 41.5 Å². The van der Waals surface area contributed by atoms with Gasteiger partial charge in [0.25, 0.3) is 0 Å². The van der Waals surface area contributed by atoms with Gasteiger partial charge in [-0.25, -0.2) is 9.97 Å². The quantitative estimate of drug-likeness (QED) is 0.753. The van der Waals surface area contributed by atoms with E-state index in [1.54, 1.807) is 0 Å². The van der Waals surface area contributed by atoms with Gasteiger partial charge in [0.1, 0.15) is 5.82 Å². The number of hydrogen-bond donors (Lipinski definition) is 1. The maximum atomic E-state index is 4.83. The topological polar surface area (TPSA) is 37.8 Å². The van der Waals surface area contributed by atoms with Gasteiger partial charge in [-0.2, -0.15) is 0 Å². The predicted octanol–water partition coefficient (Wildman–Crippen LogP) is 3.73. The Morgan fingerprint density at radius 3 is 1.90 bits per heavy atom. The van der Waals surface area contributed by atoms with Gasteiger partial charge >= 0.3 is 0 Å². The summed E-state index contributed by atoms with van der Waals surface area (Å²) in [5, 5.41) is 3.50. The first kappa shape index (κ1) is 18.1. The summed E-state index contributed by atoms with van der Waals surface area (Å²) in [7, 11) is 0. The maximum absolute atomic E-state index is 4.83. The molecule has 0 saturated heterocycles. The molecule has 0 aromatic carbocycles. The Bertz CT molecular complexity index is 399. The molecule has 0 saturated carbocycles. The first-order valence-electron chi connectivity index (χ1n) is 8.58. The van der Waals surface area contributed by atoms with Gasteiger partial charge < -0.3 is 5.32 Å². The van der Waals surface area contributed by atoms with Crippen LogP contribution in [0.4, 0.5) is 0 Å². The Kier molecular flexibility index (Phi) is 7.87. The second-order valence-electron chi connectivity index (χ2n) is 6.51. The fraction of sp³-hybridized carbons (Fsp3) is 0.778. The van der Waals surface area contributed by atoms with Crippen LogP contribution in [0.5, 0.6) is 0 Å². The third-order valence-electron chi connectivity index (χ3n) is 3.77. The van der Waals surface area contributed by atoms with Crippen LogP contribution in [0.25, 0.3) is 0 Å². The first-order valence-corrected chi connectivity index (χ1v) is 8.58. The molecule has 120 valence electrons. The van der Waals surface area contributed by atoms with E-state index in [1.165, 1.54) is 23.4 Å². The Hall–Kier alpha value is -0.960. The van der Waals surface area contributed by atoms with Gasteiger partial charge in [0.05, 0.1) is 0 Å². The van der Waals surface area contributed by atoms with E-state index in [1.807, 2.05) is 0 Å². The summed E-state index contributed by atoms with van der Waals surface area (Å²) in [6.45, 7) is 14.3. The fourth-order valence-electron chi connectivity index (χ4n) is 2.53. The highest BCUT2D eigenvalue weighted by molar-refractivity contribution is 5.27. The standard InChI is InChI=1S/C18H33N3/c1-7-16-15(11-12-19-14(5)6)17(8-2)21-18(20-16)10-9-13(3)4/h13-14,19H,7-12H2,1-6H3. The summed E-state index contributed by atoms with van der Waals surface area (Å²) in [6.07, 6.45) is 5.21. The number of nitrogens with zero attached hydrogens (tertiary/aromatic N) is 2. The number of aryl methyl sites for hydroxylation is 3. The molecule has 0 aliphatic heterocycles. The van der Waals surface area contributed by atoms with Gasteiger partial charge in [0, 0.05) is 23.9 Å². The van der Waals surface area contributed by atoms with Crippen molar-refractivity contribution < 1.29 is 0 Å². The van der Waals surface area contributed by atoms with Crippen molar-refractivity contribution in [2.45, 2.75) is 79.7 Å².